The van der Waals surface area contributed by atoms with Crippen molar-refractivity contribution in [2.45, 2.75) is 30.1 Å². The second kappa shape index (κ2) is 18.0. The van der Waals surface area contributed by atoms with E-state index in [1.165, 1.54) is 41.7 Å². The predicted octanol–water partition coefficient (Wildman–Crippen LogP) is 9.24. The van der Waals surface area contributed by atoms with Gasteiger partial charge in [-0.25, -0.2) is 14.8 Å². The summed E-state index contributed by atoms with van der Waals surface area (Å²) in [4.78, 5) is 18.1. The SMILES string of the molecule is Cc1cc(N=Nc2c(S(=O)(=O)O)cc3cc(S(=O)(=O)O)c(N=Nc4c(C)c(C#N)c5nc6ccccc6n5c4O)cc3c2O)c(OCCCS(=O)(=O)O)cc1N=Nc1nc2ccc(C(=O)O)cc2s1. The van der Waals surface area contributed by atoms with Crippen molar-refractivity contribution in [3.05, 3.63) is 95.1 Å². The van der Waals surface area contributed by atoms with E-state index in [-0.39, 0.29) is 74.1 Å². The second-order valence-electron chi connectivity index (χ2n) is 14.8. The maximum absolute atomic E-state index is 12.8. The third-order valence-corrected chi connectivity index (χ3v) is 13.7. The zero-order valence-electron chi connectivity index (χ0n) is 35.1. The summed E-state index contributed by atoms with van der Waals surface area (Å²) in [5.41, 5.74) is -0.0792. The number of pyridine rings is 1. The molecule has 0 aliphatic heterocycles. The van der Waals surface area contributed by atoms with Crippen molar-refractivity contribution < 1.29 is 63.8 Å². The number of ether oxygens (including phenoxy) is 1. The highest BCUT2D eigenvalue weighted by Crippen LogP contribution is 2.46. The number of benzene rings is 5. The van der Waals surface area contributed by atoms with Crippen LogP contribution in [0.25, 0.3) is 37.7 Å². The molecule has 0 bridgehead atoms. The Labute approximate surface area is 392 Å². The van der Waals surface area contributed by atoms with E-state index in [1.54, 1.807) is 31.2 Å². The number of carbonyl (C=O) groups is 1. The Hall–Kier alpha value is -7.91. The molecule has 3 aromatic heterocycles. The zero-order valence-corrected chi connectivity index (χ0v) is 38.4. The van der Waals surface area contributed by atoms with Gasteiger partial charge >= 0.3 is 5.97 Å². The van der Waals surface area contributed by atoms with Crippen LogP contribution in [0.2, 0.25) is 0 Å². The summed E-state index contributed by atoms with van der Waals surface area (Å²) in [6.07, 6.45) is -0.221. The Morgan fingerprint density at radius 2 is 1.46 bits per heavy atom. The number of rotatable bonds is 14. The van der Waals surface area contributed by atoms with Gasteiger partial charge in [0.15, 0.2) is 17.1 Å². The van der Waals surface area contributed by atoms with Crippen molar-refractivity contribution in [2.75, 3.05) is 12.4 Å². The Morgan fingerprint density at radius 1 is 0.783 bits per heavy atom. The first-order valence-corrected chi connectivity index (χ1v) is 24.8. The normalized spacial score (nSPS) is 12.7. The molecule has 0 aliphatic rings. The highest BCUT2D eigenvalue weighted by molar-refractivity contribution is 7.86. The number of fused-ring (bicyclic) bond motifs is 5. The number of nitrogens with zero attached hydrogens (tertiary/aromatic N) is 10. The number of thiazole rings is 1. The molecule has 352 valence electrons. The van der Waals surface area contributed by atoms with Crippen LogP contribution in [0.5, 0.6) is 17.4 Å². The summed E-state index contributed by atoms with van der Waals surface area (Å²) in [6, 6.07) is 17.9. The fourth-order valence-electron chi connectivity index (χ4n) is 6.94. The highest BCUT2D eigenvalue weighted by Gasteiger charge is 2.27. The Kier molecular flexibility index (Phi) is 12.4. The van der Waals surface area contributed by atoms with Crippen LogP contribution in [0.15, 0.2) is 113 Å². The molecular formula is C41H30N10O14S4. The van der Waals surface area contributed by atoms with Crippen LogP contribution < -0.4 is 4.74 Å². The lowest BCUT2D eigenvalue weighted by molar-refractivity contribution is 0.0697. The summed E-state index contributed by atoms with van der Waals surface area (Å²) >= 11 is 1.05. The Balaban J connectivity index is 1.23. The molecule has 69 heavy (non-hydrogen) atoms. The molecule has 0 aliphatic carbocycles. The average molecular weight is 1020 g/mol. The minimum Gasteiger partial charge on any atom is -0.505 e. The van der Waals surface area contributed by atoms with Crippen molar-refractivity contribution in [2.24, 2.45) is 30.7 Å². The van der Waals surface area contributed by atoms with E-state index in [4.69, 9.17) is 4.74 Å². The van der Waals surface area contributed by atoms with Gasteiger partial charge in [-0.2, -0.15) is 30.5 Å². The first-order chi connectivity index (χ1) is 32.5. The molecule has 0 unspecified atom stereocenters. The monoisotopic (exact) mass is 1010 g/mol. The molecule has 8 rings (SSSR count). The summed E-state index contributed by atoms with van der Waals surface area (Å²) in [6.45, 7) is 2.65. The fraction of sp³-hybridized carbons (Fsp3) is 0.122. The van der Waals surface area contributed by atoms with Crippen molar-refractivity contribution >= 4 is 119 Å². The van der Waals surface area contributed by atoms with Crippen LogP contribution in [0, 0.1) is 25.2 Å². The molecule has 0 saturated heterocycles. The van der Waals surface area contributed by atoms with Gasteiger partial charge in [0.05, 0.1) is 44.9 Å². The van der Waals surface area contributed by atoms with Crippen LogP contribution >= 0.6 is 11.3 Å². The average Bonchev–Trinajstić information content (AvgIpc) is 3.87. The van der Waals surface area contributed by atoms with Crippen molar-refractivity contribution in [3.8, 4) is 23.4 Å². The van der Waals surface area contributed by atoms with E-state index in [1.807, 2.05) is 6.07 Å². The molecule has 0 saturated carbocycles. The number of phenolic OH excluding ortho intramolecular Hbond substituents is 1. The molecule has 3 heterocycles. The standard InChI is InChI=1S/C41H30N10O14S4/c1-19-12-28(31(65-10-5-11-67(56,57)58)17-27(19)45-50-41-44-26-9-8-21(40(54)55)13-32(26)66-41)46-49-36-34(69(62,63)64)15-22-14-33(68(59,60)61)29(16-23(22)37(36)52)47-48-35-20(2)24(18-42)38-43-25-6-3-4-7-30(25)51(38)39(35)53/h3-4,6-9,12-17,52-53H,5,10-11H2,1-2H3,(H,54,55)(H,56,57,58)(H,59,60,61)(H,62,63,64). The number of para-hydroxylation sites is 2. The molecule has 0 fully saturated rings. The number of nitriles is 1. The third kappa shape index (κ3) is 9.63. The maximum Gasteiger partial charge on any atom is 0.335 e. The van der Waals surface area contributed by atoms with E-state index in [2.05, 4.69) is 40.7 Å². The summed E-state index contributed by atoms with van der Waals surface area (Å²) in [5.74, 6) is -3.54. The third-order valence-electron chi connectivity index (χ3n) is 10.2. The van der Waals surface area contributed by atoms with Crippen molar-refractivity contribution in [1.82, 2.24) is 14.4 Å². The minimum absolute atomic E-state index is 0.0128. The second-order valence-corrected chi connectivity index (χ2v) is 20.1. The first-order valence-electron chi connectivity index (χ1n) is 19.5. The molecule has 6 N–H and O–H groups in total. The van der Waals surface area contributed by atoms with Gasteiger partial charge in [0, 0.05) is 17.0 Å². The molecule has 0 atom stereocenters. The number of phenols is 1. The number of aromatic nitrogens is 3. The number of aromatic hydroxyl groups is 2. The van der Waals surface area contributed by atoms with Crippen LogP contribution in [-0.2, 0) is 30.4 Å². The number of carboxylic acid groups (broad SMARTS) is 1. The number of aromatic carboxylic acids is 1. The number of azo groups is 3. The van der Waals surface area contributed by atoms with Crippen LogP contribution in [-0.4, -0.2) is 86.9 Å². The summed E-state index contributed by atoms with van der Waals surface area (Å²) < 4.78 is 111. The van der Waals surface area contributed by atoms with Gasteiger partial charge in [-0.15, -0.1) is 30.7 Å². The molecular weight excluding hydrogens is 985 g/mol. The Morgan fingerprint density at radius 3 is 2.16 bits per heavy atom. The lowest BCUT2D eigenvalue weighted by Gasteiger charge is -2.13. The van der Waals surface area contributed by atoms with Gasteiger partial charge in [0.2, 0.25) is 11.0 Å². The molecule has 0 amide bonds. The lowest BCUT2D eigenvalue weighted by Crippen LogP contribution is -2.08. The van der Waals surface area contributed by atoms with E-state index >= 15 is 0 Å². The van der Waals surface area contributed by atoms with E-state index in [0.717, 1.165) is 29.5 Å². The largest absolute Gasteiger partial charge is 0.505 e. The van der Waals surface area contributed by atoms with E-state index in [9.17, 15) is 64.3 Å². The molecule has 24 nitrogen and oxygen atoms in total. The first kappa shape index (κ1) is 47.6. The van der Waals surface area contributed by atoms with Gasteiger partial charge in [-0.1, -0.05) is 23.5 Å². The molecule has 8 aromatic rings. The van der Waals surface area contributed by atoms with Crippen LogP contribution in [0.1, 0.15) is 33.5 Å². The van der Waals surface area contributed by atoms with E-state index < -0.39 is 74.9 Å². The van der Waals surface area contributed by atoms with Gasteiger partial charge in [0.1, 0.15) is 44.2 Å². The number of hydrogen-bond donors (Lipinski definition) is 6. The highest BCUT2D eigenvalue weighted by atomic mass is 32.2. The quantitative estimate of drug-likeness (QED) is 0.0335. The number of imidazole rings is 1. The van der Waals surface area contributed by atoms with Gasteiger partial charge in [0.25, 0.3) is 30.4 Å². The molecule has 5 aromatic carbocycles. The maximum atomic E-state index is 12.8. The minimum atomic E-state index is -5.31. The Bertz CT molecular complexity index is 4000. The molecule has 0 spiro atoms. The van der Waals surface area contributed by atoms with Crippen LogP contribution in [0.4, 0.5) is 33.6 Å². The van der Waals surface area contributed by atoms with Crippen LogP contribution in [0.3, 0.4) is 0 Å². The predicted molar refractivity (Wildman–Crippen MR) is 246 cm³/mol. The smallest absolute Gasteiger partial charge is 0.335 e. The summed E-state index contributed by atoms with van der Waals surface area (Å²) in [5, 5.41) is 66.2. The van der Waals surface area contributed by atoms with E-state index in [0.29, 0.717) is 26.8 Å². The number of aryl methyl sites for hydroxylation is 1. The molecule has 28 heteroatoms. The summed E-state index contributed by atoms with van der Waals surface area (Å²) in [7, 11) is -14.9. The van der Waals surface area contributed by atoms with Gasteiger partial charge in [-0.3, -0.25) is 18.1 Å². The number of hydrogen-bond acceptors (Lipinski definition) is 20. The zero-order chi connectivity index (χ0) is 49.7. The van der Waals surface area contributed by atoms with Crippen molar-refractivity contribution in [1.29, 1.82) is 5.26 Å². The van der Waals surface area contributed by atoms with Gasteiger partial charge in [-0.05, 0) is 85.8 Å². The fourth-order valence-corrected chi connectivity index (χ4v) is 9.55. The van der Waals surface area contributed by atoms with Gasteiger partial charge < -0.3 is 20.1 Å². The molecule has 0 radical (unpaired) electrons. The topological polar surface area (TPSA) is 378 Å². The number of carboxylic acids is 1. The lowest BCUT2D eigenvalue weighted by atomic mass is 10.1. The van der Waals surface area contributed by atoms with Crippen molar-refractivity contribution in [3.63, 3.8) is 0 Å².